The first kappa shape index (κ1) is 14.9. The molecule has 0 saturated carbocycles. The van der Waals surface area contributed by atoms with Gasteiger partial charge in [-0.3, -0.25) is 4.90 Å². The van der Waals surface area contributed by atoms with Crippen LogP contribution < -0.4 is 14.4 Å². The normalized spacial score (nSPS) is 18.1. The molecule has 1 atom stereocenters. The fourth-order valence-corrected chi connectivity index (χ4v) is 3.74. The van der Waals surface area contributed by atoms with E-state index in [1.165, 1.54) is 4.90 Å². The summed E-state index contributed by atoms with van der Waals surface area (Å²) in [4.78, 5) is 1.33. The highest BCUT2D eigenvalue weighted by molar-refractivity contribution is 5.82. The van der Waals surface area contributed by atoms with Gasteiger partial charge < -0.3 is 19.7 Å². The maximum Gasteiger partial charge on any atom is 0.170 e. The predicted octanol–water partition coefficient (Wildman–Crippen LogP) is 1.57. The van der Waals surface area contributed by atoms with Crippen LogP contribution >= 0.6 is 0 Å². The van der Waals surface area contributed by atoms with Gasteiger partial charge in [-0.1, -0.05) is 6.07 Å². The van der Waals surface area contributed by atoms with E-state index in [1.54, 1.807) is 26.4 Å². The fourth-order valence-electron chi connectivity index (χ4n) is 3.74. The minimum Gasteiger partial charge on any atom is -0.504 e. The molecule has 0 spiro atoms. The van der Waals surface area contributed by atoms with E-state index in [4.69, 9.17) is 9.47 Å². The molecule has 4 rings (SSSR count). The average Bonchev–Trinajstić information content (AvgIpc) is 2.60. The summed E-state index contributed by atoms with van der Waals surface area (Å²) in [5, 5.41) is 19.6. The quantitative estimate of drug-likeness (QED) is 0.733. The number of hydrogen-bond acceptors (Lipinski definition) is 4. The molecule has 3 N–H and O–H groups in total. The lowest BCUT2D eigenvalue weighted by atomic mass is 9.90. The maximum absolute atomic E-state index is 9.89. The lowest BCUT2D eigenvalue weighted by Crippen LogP contribution is -3.09. The number of aromatic hydroxyl groups is 2. The van der Waals surface area contributed by atoms with E-state index in [2.05, 4.69) is 6.08 Å². The highest BCUT2D eigenvalue weighted by Gasteiger charge is 2.33. The van der Waals surface area contributed by atoms with E-state index in [1.807, 2.05) is 12.1 Å². The molecular formula is C19H20NO4+. The van der Waals surface area contributed by atoms with Gasteiger partial charge in [0.1, 0.15) is 12.2 Å². The second-order valence-corrected chi connectivity index (χ2v) is 6.21. The first-order valence-corrected chi connectivity index (χ1v) is 7.98. The molecule has 24 heavy (non-hydrogen) atoms. The Balaban J connectivity index is 1.88. The highest BCUT2D eigenvalue weighted by atomic mass is 16.5. The first-order valence-electron chi connectivity index (χ1n) is 7.98. The molecule has 124 valence electrons. The van der Waals surface area contributed by atoms with Crippen molar-refractivity contribution in [2.75, 3.05) is 20.8 Å². The molecular weight excluding hydrogens is 306 g/mol. The molecule has 2 aromatic carbocycles. The molecule has 0 aliphatic carbocycles. The number of methoxy groups -OCH3 is 2. The first-order chi connectivity index (χ1) is 11.6. The van der Waals surface area contributed by atoms with Crippen molar-refractivity contribution in [2.24, 2.45) is 0 Å². The van der Waals surface area contributed by atoms with Crippen molar-refractivity contribution < 1.29 is 24.6 Å². The number of fused-ring (bicyclic) bond motifs is 4. The molecule has 0 saturated heterocycles. The fraction of sp³-hybridized carbons (Fsp3) is 0.263. The minimum atomic E-state index is -0.0750. The maximum atomic E-state index is 9.89. The van der Waals surface area contributed by atoms with Crippen LogP contribution in [0.2, 0.25) is 0 Å². The van der Waals surface area contributed by atoms with Crippen LogP contribution in [0.3, 0.4) is 0 Å². The number of quaternary nitrogens is 1. The Kier molecular flexibility index (Phi) is 3.39. The van der Waals surface area contributed by atoms with Crippen molar-refractivity contribution in [3.05, 3.63) is 46.5 Å². The summed E-state index contributed by atoms with van der Waals surface area (Å²) in [6, 6.07) is 7.29. The summed E-state index contributed by atoms with van der Waals surface area (Å²) >= 11 is 0. The SMILES string of the molecule is COc1ccc2c(c1OC)C[NH+]1CCc3cc(O)c(O)cc3C1=C2. The molecule has 2 heterocycles. The highest BCUT2D eigenvalue weighted by Crippen LogP contribution is 2.38. The van der Waals surface area contributed by atoms with Crippen molar-refractivity contribution in [3.8, 4) is 23.0 Å². The van der Waals surface area contributed by atoms with E-state index < -0.39 is 0 Å². The lowest BCUT2D eigenvalue weighted by Gasteiger charge is -2.32. The largest absolute Gasteiger partial charge is 0.504 e. The zero-order valence-corrected chi connectivity index (χ0v) is 13.7. The van der Waals surface area contributed by atoms with Crippen LogP contribution in [0.5, 0.6) is 23.0 Å². The van der Waals surface area contributed by atoms with Crippen LogP contribution in [-0.2, 0) is 13.0 Å². The van der Waals surface area contributed by atoms with Gasteiger partial charge in [0.15, 0.2) is 23.0 Å². The zero-order valence-electron chi connectivity index (χ0n) is 13.7. The number of phenolic OH excluding ortho intramolecular Hbond substituents is 2. The summed E-state index contributed by atoms with van der Waals surface area (Å²) in [7, 11) is 3.31. The van der Waals surface area contributed by atoms with Crippen LogP contribution in [0.25, 0.3) is 11.8 Å². The molecule has 0 amide bonds. The van der Waals surface area contributed by atoms with Crippen LogP contribution in [0.1, 0.15) is 22.3 Å². The summed E-state index contributed by atoms with van der Waals surface area (Å²) in [6.07, 6.45) is 3.00. The molecule has 5 heteroatoms. The topological polar surface area (TPSA) is 63.4 Å². The number of phenols is 2. The third-order valence-corrected chi connectivity index (χ3v) is 4.94. The Labute approximate surface area is 140 Å². The van der Waals surface area contributed by atoms with Gasteiger partial charge in [0.2, 0.25) is 0 Å². The Hall–Kier alpha value is -2.66. The van der Waals surface area contributed by atoms with Crippen LogP contribution in [0, 0.1) is 0 Å². The van der Waals surface area contributed by atoms with Gasteiger partial charge in [-0.25, -0.2) is 0 Å². The molecule has 2 aromatic rings. The van der Waals surface area contributed by atoms with Gasteiger partial charge in [0.25, 0.3) is 0 Å². The van der Waals surface area contributed by atoms with Crippen molar-refractivity contribution in [3.63, 3.8) is 0 Å². The van der Waals surface area contributed by atoms with Gasteiger partial charge in [0.05, 0.1) is 26.3 Å². The Morgan fingerprint density at radius 1 is 1.04 bits per heavy atom. The number of rotatable bonds is 2. The van der Waals surface area contributed by atoms with E-state index in [0.29, 0.717) is 0 Å². The Morgan fingerprint density at radius 3 is 2.58 bits per heavy atom. The molecule has 0 radical (unpaired) electrons. The third-order valence-electron chi connectivity index (χ3n) is 4.94. The Morgan fingerprint density at radius 2 is 1.83 bits per heavy atom. The number of benzene rings is 2. The van der Waals surface area contributed by atoms with Crippen molar-refractivity contribution in [1.29, 1.82) is 0 Å². The monoisotopic (exact) mass is 326 g/mol. The lowest BCUT2D eigenvalue weighted by molar-refractivity contribution is -0.841. The van der Waals surface area contributed by atoms with Gasteiger partial charge in [-0.05, 0) is 29.3 Å². The van der Waals surface area contributed by atoms with E-state index in [0.717, 1.165) is 59.0 Å². The van der Waals surface area contributed by atoms with Crippen LogP contribution in [0.15, 0.2) is 24.3 Å². The number of ether oxygens (including phenoxy) is 2. The van der Waals surface area contributed by atoms with Gasteiger partial charge in [0, 0.05) is 18.1 Å². The standard InChI is InChI=1S/C19H19NO4/c1-23-18-4-3-11-7-15-13-9-17(22)16(21)8-12(13)5-6-20(15)10-14(11)19(18)24-2/h3-4,7-9,21-22H,5-6,10H2,1-2H3/p+1. The zero-order chi connectivity index (χ0) is 16.8. The van der Waals surface area contributed by atoms with Gasteiger partial charge in [-0.15, -0.1) is 0 Å². The second kappa shape index (κ2) is 5.46. The van der Waals surface area contributed by atoms with E-state index in [9.17, 15) is 10.2 Å². The van der Waals surface area contributed by atoms with Crippen LogP contribution in [0.4, 0.5) is 0 Å². The molecule has 1 unspecified atom stereocenters. The van der Waals surface area contributed by atoms with Gasteiger partial charge in [-0.2, -0.15) is 0 Å². The smallest absolute Gasteiger partial charge is 0.170 e. The van der Waals surface area contributed by atoms with E-state index in [-0.39, 0.29) is 11.5 Å². The molecule has 0 fully saturated rings. The summed E-state index contributed by atoms with van der Waals surface area (Å²) in [6.45, 7) is 1.74. The predicted molar refractivity (Wildman–Crippen MR) is 90.4 cm³/mol. The second-order valence-electron chi connectivity index (χ2n) is 6.21. The summed E-state index contributed by atoms with van der Waals surface area (Å²) in [5.74, 6) is 1.40. The summed E-state index contributed by atoms with van der Waals surface area (Å²) < 4.78 is 11.0. The molecule has 2 aliphatic heterocycles. The molecule has 0 aromatic heterocycles. The van der Waals surface area contributed by atoms with Crippen molar-refractivity contribution >= 4 is 11.8 Å². The third kappa shape index (κ3) is 2.12. The molecule has 0 bridgehead atoms. The minimum absolute atomic E-state index is 0.0552. The van der Waals surface area contributed by atoms with Gasteiger partial charge >= 0.3 is 0 Å². The molecule has 2 aliphatic rings. The average molecular weight is 326 g/mol. The summed E-state index contributed by atoms with van der Waals surface area (Å²) in [5.41, 5.74) is 5.47. The number of nitrogens with one attached hydrogen (secondary N) is 1. The Bertz CT molecular complexity index is 857. The van der Waals surface area contributed by atoms with Crippen molar-refractivity contribution in [1.82, 2.24) is 0 Å². The molecule has 5 nitrogen and oxygen atoms in total. The van der Waals surface area contributed by atoms with Crippen molar-refractivity contribution in [2.45, 2.75) is 13.0 Å². The van der Waals surface area contributed by atoms with E-state index >= 15 is 0 Å². The number of hydrogen-bond donors (Lipinski definition) is 3. The van der Waals surface area contributed by atoms with Crippen LogP contribution in [-0.4, -0.2) is 31.0 Å².